The van der Waals surface area contributed by atoms with Crippen molar-refractivity contribution >= 4 is 0 Å². The van der Waals surface area contributed by atoms with Gasteiger partial charge < -0.3 is 0 Å². The van der Waals surface area contributed by atoms with Gasteiger partial charge in [0, 0.05) is 12.8 Å². The zero-order valence-corrected chi connectivity index (χ0v) is 6.92. The van der Waals surface area contributed by atoms with Crippen LogP contribution in [0.3, 0.4) is 0 Å². The van der Waals surface area contributed by atoms with Crippen LogP contribution in [-0.2, 0) is 12.5 Å². The van der Waals surface area contributed by atoms with Gasteiger partial charge in [0.05, 0.1) is 0 Å². The summed E-state index contributed by atoms with van der Waals surface area (Å²) in [5.41, 5.74) is 0. The van der Waals surface area contributed by atoms with Crippen molar-refractivity contribution < 1.29 is 17.6 Å². The van der Waals surface area contributed by atoms with Gasteiger partial charge in [-0.2, -0.15) is 8.78 Å². The Morgan fingerprint density at radius 1 is 1.14 bits per heavy atom. The summed E-state index contributed by atoms with van der Waals surface area (Å²) in [7, 11) is 0. The van der Waals surface area contributed by atoms with Crippen molar-refractivity contribution in [3.8, 4) is 0 Å². The highest BCUT2D eigenvalue weighted by molar-refractivity contribution is 4.97. The molecule has 2 heterocycles. The molecule has 0 saturated heterocycles. The number of hydrogen-bond acceptors (Lipinski definition) is 3. The van der Waals surface area contributed by atoms with Crippen molar-refractivity contribution in [2.24, 2.45) is 0 Å². The van der Waals surface area contributed by atoms with Crippen LogP contribution in [0.2, 0.25) is 0 Å². The maximum absolute atomic E-state index is 13.1. The second-order valence-corrected chi connectivity index (χ2v) is 3.22. The normalized spacial score (nSPS) is 24.0. The molecule has 0 aliphatic carbocycles. The minimum Gasteiger partial charge on any atom is -0.218 e. The molecule has 1 aromatic heterocycles. The van der Waals surface area contributed by atoms with Gasteiger partial charge in [0.15, 0.2) is 0 Å². The van der Waals surface area contributed by atoms with E-state index in [1.165, 1.54) is 0 Å². The van der Waals surface area contributed by atoms with E-state index in [0.717, 1.165) is 0 Å². The van der Waals surface area contributed by atoms with Crippen LogP contribution in [0.25, 0.3) is 0 Å². The minimum absolute atomic E-state index is 0.465. The third-order valence-electron chi connectivity index (χ3n) is 2.04. The van der Waals surface area contributed by atoms with Crippen molar-refractivity contribution in [3.05, 3.63) is 5.82 Å². The molecule has 14 heavy (non-hydrogen) atoms. The lowest BCUT2D eigenvalue weighted by atomic mass is 10.1. The summed E-state index contributed by atoms with van der Waals surface area (Å²) < 4.78 is 52.6. The Morgan fingerprint density at radius 2 is 1.86 bits per heavy atom. The van der Waals surface area contributed by atoms with Gasteiger partial charge in [-0.15, -0.1) is 5.10 Å². The minimum atomic E-state index is -3.37. The molecule has 8 heteroatoms. The first-order valence-electron chi connectivity index (χ1n) is 3.93. The van der Waals surface area contributed by atoms with Gasteiger partial charge in [-0.3, -0.25) is 0 Å². The summed E-state index contributed by atoms with van der Waals surface area (Å²) in [5, 5.41) is 9.11. The first-order chi connectivity index (χ1) is 6.41. The Hall–Kier alpha value is -1.21. The molecule has 0 unspecified atom stereocenters. The molecule has 78 valence electrons. The van der Waals surface area contributed by atoms with E-state index in [2.05, 4.69) is 15.5 Å². The fourth-order valence-electron chi connectivity index (χ4n) is 1.32. The van der Waals surface area contributed by atoms with E-state index in [0.29, 0.717) is 4.68 Å². The van der Waals surface area contributed by atoms with E-state index in [1.54, 1.807) is 0 Å². The average Bonchev–Trinajstić information content (AvgIpc) is 2.46. The van der Waals surface area contributed by atoms with Gasteiger partial charge in [-0.25, -0.2) is 13.5 Å². The van der Waals surface area contributed by atoms with Crippen molar-refractivity contribution in [2.75, 3.05) is 0 Å². The molecule has 0 bridgehead atoms. The van der Waals surface area contributed by atoms with Crippen molar-refractivity contribution in [1.82, 2.24) is 20.2 Å². The standard InChI is InChI=1S/C6H6F4N4/c7-5(8)1-2-6(9,10)4-11-12-13-14(4)3-5/h1-3H2. The van der Waals surface area contributed by atoms with Crippen LogP contribution >= 0.6 is 0 Å². The summed E-state index contributed by atoms with van der Waals surface area (Å²) >= 11 is 0. The quantitative estimate of drug-likeness (QED) is 0.604. The van der Waals surface area contributed by atoms with Crippen LogP contribution in [0.4, 0.5) is 17.6 Å². The molecule has 0 saturated carbocycles. The van der Waals surface area contributed by atoms with E-state index in [4.69, 9.17) is 0 Å². The van der Waals surface area contributed by atoms with Crippen LogP contribution in [0.5, 0.6) is 0 Å². The molecule has 0 atom stereocenters. The Bertz CT molecular complexity index is 347. The van der Waals surface area contributed by atoms with Crippen molar-refractivity contribution in [2.45, 2.75) is 31.2 Å². The zero-order chi connectivity index (χ0) is 10.4. The summed E-state index contributed by atoms with van der Waals surface area (Å²) in [6.07, 6.45) is -1.80. The molecule has 0 amide bonds. The van der Waals surface area contributed by atoms with Gasteiger partial charge in [-0.05, 0) is 10.4 Å². The van der Waals surface area contributed by atoms with E-state index in [-0.39, 0.29) is 0 Å². The molecule has 0 fully saturated rings. The molecular weight excluding hydrogens is 204 g/mol. The molecule has 0 aromatic carbocycles. The number of tetrazole rings is 1. The lowest BCUT2D eigenvalue weighted by molar-refractivity contribution is -0.0587. The van der Waals surface area contributed by atoms with Crippen LogP contribution in [0.15, 0.2) is 0 Å². The summed E-state index contributed by atoms with van der Waals surface area (Å²) in [4.78, 5) is 0. The number of nitrogens with zero attached hydrogens (tertiary/aromatic N) is 4. The maximum Gasteiger partial charge on any atom is 0.308 e. The molecule has 2 rings (SSSR count). The fraction of sp³-hybridized carbons (Fsp3) is 0.833. The van der Waals surface area contributed by atoms with Crippen molar-refractivity contribution in [3.63, 3.8) is 0 Å². The molecule has 0 radical (unpaired) electrons. The van der Waals surface area contributed by atoms with Crippen LogP contribution in [0, 0.1) is 0 Å². The molecule has 1 aliphatic rings. The highest BCUT2D eigenvalue weighted by atomic mass is 19.3. The summed E-state index contributed by atoms with van der Waals surface area (Å²) in [6, 6.07) is 0. The van der Waals surface area contributed by atoms with E-state index >= 15 is 0 Å². The number of aromatic nitrogens is 4. The largest absolute Gasteiger partial charge is 0.308 e. The third-order valence-corrected chi connectivity index (χ3v) is 2.04. The van der Waals surface area contributed by atoms with E-state index in [9.17, 15) is 17.6 Å². The Balaban J connectivity index is 2.44. The molecule has 1 aliphatic heterocycles. The third kappa shape index (κ3) is 1.44. The number of halogens is 4. The Labute approximate surface area is 75.9 Å². The van der Waals surface area contributed by atoms with E-state index < -0.39 is 37.1 Å². The van der Waals surface area contributed by atoms with Gasteiger partial charge in [0.25, 0.3) is 5.92 Å². The predicted molar refractivity (Wildman–Crippen MR) is 35.9 cm³/mol. The van der Waals surface area contributed by atoms with Crippen LogP contribution in [-0.4, -0.2) is 26.1 Å². The molecule has 4 nitrogen and oxygen atoms in total. The van der Waals surface area contributed by atoms with E-state index in [1.807, 2.05) is 0 Å². The predicted octanol–water partition coefficient (Wildman–Crippen LogP) is 1.19. The van der Waals surface area contributed by atoms with Gasteiger partial charge >= 0.3 is 5.92 Å². The summed E-state index contributed by atoms with van der Waals surface area (Å²) in [5.74, 6) is -7.33. The van der Waals surface area contributed by atoms with Gasteiger partial charge in [0.1, 0.15) is 6.54 Å². The first kappa shape index (κ1) is 9.35. The van der Waals surface area contributed by atoms with Gasteiger partial charge in [-0.1, -0.05) is 0 Å². The highest BCUT2D eigenvalue weighted by Crippen LogP contribution is 2.38. The lowest BCUT2D eigenvalue weighted by Crippen LogP contribution is -2.23. The number of rotatable bonds is 0. The number of hydrogen-bond donors (Lipinski definition) is 0. The Morgan fingerprint density at radius 3 is 2.57 bits per heavy atom. The second kappa shape index (κ2) is 2.64. The second-order valence-electron chi connectivity index (χ2n) is 3.22. The lowest BCUT2D eigenvalue weighted by Gasteiger charge is -2.12. The smallest absolute Gasteiger partial charge is 0.218 e. The number of fused-ring (bicyclic) bond motifs is 1. The first-order valence-corrected chi connectivity index (χ1v) is 3.93. The van der Waals surface area contributed by atoms with Gasteiger partial charge in [0.2, 0.25) is 5.82 Å². The Kier molecular flexibility index (Phi) is 1.76. The number of alkyl halides is 4. The highest BCUT2D eigenvalue weighted by Gasteiger charge is 2.46. The molecule has 1 aromatic rings. The monoisotopic (exact) mass is 210 g/mol. The topological polar surface area (TPSA) is 43.6 Å². The molecule has 0 spiro atoms. The molecule has 0 N–H and O–H groups in total. The van der Waals surface area contributed by atoms with Crippen LogP contribution in [0.1, 0.15) is 18.7 Å². The van der Waals surface area contributed by atoms with Crippen LogP contribution < -0.4 is 0 Å². The average molecular weight is 210 g/mol. The van der Waals surface area contributed by atoms with Crippen molar-refractivity contribution in [1.29, 1.82) is 0 Å². The molecular formula is C6H6F4N4. The maximum atomic E-state index is 13.1. The SMILES string of the molecule is FC1(F)CCC(F)(F)c2nnnn2C1. The fourth-order valence-corrected chi connectivity index (χ4v) is 1.32. The zero-order valence-electron chi connectivity index (χ0n) is 6.92. The summed E-state index contributed by atoms with van der Waals surface area (Å²) in [6.45, 7) is -0.884.